The van der Waals surface area contributed by atoms with Crippen molar-refractivity contribution in [3.63, 3.8) is 0 Å². The fraction of sp³-hybridized carbons (Fsp3) is 0.333. The Kier molecular flexibility index (Phi) is 3.46. The smallest absolute Gasteiger partial charge is 0.258 e. The summed E-state index contributed by atoms with van der Waals surface area (Å²) in [5.41, 5.74) is 6.50. The topological polar surface area (TPSA) is 61.0 Å². The molecule has 0 saturated heterocycles. The van der Waals surface area contributed by atoms with Crippen LogP contribution in [0.1, 0.15) is 13.8 Å². The first-order chi connectivity index (χ1) is 6.50. The van der Waals surface area contributed by atoms with Gasteiger partial charge in [0.15, 0.2) is 5.82 Å². The molecular weight excluding hydrogens is 246 g/mol. The Bertz CT molecular complexity index is 354. The average Bonchev–Trinajstić information content (AvgIpc) is 2.11. The number of hydrogen-bond donors (Lipinski definition) is 1. The second kappa shape index (κ2) is 4.41. The monoisotopic (exact) mass is 257 g/mol. The van der Waals surface area contributed by atoms with Gasteiger partial charge in [-0.3, -0.25) is 0 Å². The molecule has 4 nitrogen and oxygen atoms in total. The molecule has 0 spiro atoms. The van der Waals surface area contributed by atoms with Crippen LogP contribution < -0.4 is 10.5 Å². The molecule has 0 aromatic carbocycles. The number of nitrogens with two attached hydrogens (primary N) is 1. The second-order valence-electron chi connectivity index (χ2n) is 2.99. The zero-order valence-corrected chi connectivity index (χ0v) is 9.71. The number of ether oxygens (including phenoxy) is 1. The fourth-order valence-corrected chi connectivity index (χ4v) is 0.979. The van der Waals surface area contributed by atoms with Crippen LogP contribution in [0.3, 0.4) is 0 Å². The minimum absolute atomic E-state index is 0.124. The zero-order valence-electron chi connectivity index (χ0n) is 8.12. The molecule has 2 N–H and O–H groups in total. The third-order valence-electron chi connectivity index (χ3n) is 1.72. The molecule has 0 aliphatic heterocycles. The maximum absolute atomic E-state index is 5.59. The van der Waals surface area contributed by atoms with Crippen LogP contribution in [0.15, 0.2) is 23.0 Å². The fourth-order valence-electron chi connectivity index (χ4n) is 0.716. The van der Waals surface area contributed by atoms with Crippen molar-refractivity contribution >= 4 is 21.7 Å². The highest BCUT2D eigenvalue weighted by molar-refractivity contribution is 9.10. The van der Waals surface area contributed by atoms with Crippen molar-refractivity contribution in [2.45, 2.75) is 20.0 Å². The van der Waals surface area contributed by atoms with Gasteiger partial charge in [-0.25, -0.2) is 9.97 Å². The van der Waals surface area contributed by atoms with E-state index in [2.05, 4.69) is 32.5 Å². The van der Waals surface area contributed by atoms with Gasteiger partial charge in [0.2, 0.25) is 0 Å². The lowest BCUT2D eigenvalue weighted by molar-refractivity contribution is 0.248. The highest BCUT2D eigenvalue weighted by Crippen LogP contribution is 2.20. The molecule has 1 aromatic heterocycles. The van der Waals surface area contributed by atoms with Crippen molar-refractivity contribution in [2.24, 2.45) is 0 Å². The van der Waals surface area contributed by atoms with E-state index in [0.717, 1.165) is 5.57 Å². The van der Waals surface area contributed by atoms with Gasteiger partial charge in [-0.15, -0.1) is 0 Å². The number of aromatic nitrogens is 2. The Balaban J connectivity index is 2.85. The lowest BCUT2D eigenvalue weighted by atomic mass is 10.2. The van der Waals surface area contributed by atoms with E-state index in [-0.39, 0.29) is 11.9 Å². The minimum Gasteiger partial charge on any atom is -0.468 e. The SMILES string of the molecule is C=C(C)[C@@H](C)Oc1nc(Br)cnc1N. The van der Waals surface area contributed by atoms with E-state index in [1.54, 1.807) is 0 Å². The highest BCUT2D eigenvalue weighted by Gasteiger charge is 2.09. The molecule has 76 valence electrons. The molecule has 0 bridgehead atoms. The molecule has 5 heteroatoms. The van der Waals surface area contributed by atoms with Gasteiger partial charge >= 0.3 is 0 Å². The van der Waals surface area contributed by atoms with E-state index >= 15 is 0 Å². The molecule has 1 rings (SSSR count). The van der Waals surface area contributed by atoms with Crippen LogP contribution in [0.5, 0.6) is 5.88 Å². The molecule has 0 unspecified atom stereocenters. The highest BCUT2D eigenvalue weighted by atomic mass is 79.9. The van der Waals surface area contributed by atoms with Crippen molar-refractivity contribution in [3.05, 3.63) is 23.0 Å². The maximum Gasteiger partial charge on any atom is 0.258 e. The number of halogens is 1. The Morgan fingerprint density at radius 1 is 1.71 bits per heavy atom. The Labute approximate surface area is 91.3 Å². The second-order valence-corrected chi connectivity index (χ2v) is 3.80. The zero-order chi connectivity index (χ0) is 10.7. The number of anilines is 1. The summed E-state index contributed by atoms with van der Waals surface area (Å²) in [7, 11) is 0. The lowest BCUT2D eigenvalue weighted by Gasteiger charge is -2.14. The van der Waals surface area contributed by atoms with Crippen molar-refractivity contribution in [1.82, 2.24) is 9.97 Å². The first-order valence-corrected chi connectivity index (χ1v) is 4.90. The van der Waals surface area contributed by atoms with Crippen LogP contribution in [0.25, 0.3) is 0 Å². The molecule has 14 heavy (non-hydrogen) atoms. The van der Waals surface area contributed by atoms with Gasteiger partial charge in [0.05, 0.1) is 6.20 Å². The summed E-state index contributed by atoms with van der Waals surface area (Å²) in [4.78, 5) is 7.97. The minimum atomic E-state index is -0.124. The molecule has 0 fully saturated rings. The van der Waals surface area contributed by atoms with Gasteiger partial charge in [-0.05, 0) is 35.4 Å². The van der Waals surface area contributed by atoms with Gasteiger partial charge in [-0.2, -0.15) is 0 Å². The predicted octanol–water partition coefficient (Wildman–Crippen LogP) is 2.16. The summed E-state index contributed by atoms with van der Waals surface area (Å²) < 4.78 is 6.05. The number of nitrogens with zero attached hydrogens (tertiary/aromatic N) is 2. The van der Waals surface area contributed by atoms with Crippen molar-refractivity contribution in [3.8, 4) is 5.88 Å². The van der Waals surface area contributed by atoms with Gasteiger partial charge in [-0.1, -0.05) is 6.58 Å². The molecule has 1 aromatic rings. The van der Waals surface area contributed by atoms with Crippen LogP contribution >= 0.6 is 15.9 Å². The van der Waals surface area contributed by atoms with Crippen LogP contribution in [0, 0.1) is 0 Å². The normalized spacial score (nSPS) is 12.2. The van der Waals surface area contributed by atoms with Crippen molar-refractivity contribution in [2.75, 3.05) is 5.73 Å². The van der Waals surface area contributed by atoms with Crippen LogP contribution in [0.4, 0.5) is 5.82 Å². The third-order valence-corrected chi connectivity index (χ3v) is 2.10. The molecule has 0 aliphatic carbocycles. The Morgan fingerprint density at radius 2 is 2.36 bits per heavy atom. The van der Waals surface area contributed by atoms with Gasteiger partial charge in [0, 0.05) is 0 Å². The van der Waals surface area contributed by atoms with Gasteiger partial charge < -0.3 is 10.5 Å². The Hall–Kier alpha value is -1.10. The molecule has 0 amide bonds. The largest absolute Gasteiger partial charge is 0.468 e. The lowest BCUT2D eigenvalue weighted by Crippen LogP contribution is -2.14. The number of nitrogen functional groups attached to an aromatic ring is 1. The maximum atomic E-state index is 5.59. The first kappa shape index (κ1) is 11.0. The molecule has 0 aliphatic rings. The summed E-state index contributed by atoms with van der Waals surface area (Å²) in [6.07, 6.45) is 1.40. The van der Waals surface area contributed by atoms with E-state index < -0.39 is 0 Å². The molecule has 1 atom stereocenters. The standard InChI is InChI=1S/C9H12BrN3O/c1-5(2)6(3)14-9-8(11)12-4-7(10)13-9/h4,6H,1H2,2-3H3,(H2,11,12)/t6-/m1/s1. The first-order valence-electron chi connectivity index (χ1n) is 4.10. The van der Waals surface area contributed by atoms with Gasteiger partial charge in [0.25, 0.3) is 5.88 Å². The van der Waals surface area contributed by atoms with E-state index in [1.165, 1.54) is 6.20 Å². The van der Waals surface area contributed by atoms with E-state index in [4.69, 9.17) is 10.5 Å². The molecule has 1 heterocycles. The summed E-state index contributed by atoms with van der Waals surface area (Å²) in [5.74, 6) is 0.608. The summed E-state index contributed by atoms with van der Waals surface area (Å²) >= 11 is 3.19. The Morgan fingerprint density at radius 3 is 2.93 bits per heavy atom. The van der Waals surface area contributed by atoms with Gasteiger partial charge in [0.1, 0.15) is 10.7 Å². The van der Waals surface area contributed by atoms with E-state index in [1.807, 2.05) is 13.8 Å². The van der Waals surface area contributed by atoms with E-state index in [0.29, 0.717) is 10.5 Å². The van der Waals surface area contributed by atoms with Crippen LogP contribution in [-0.2, 0) is 0 Å². The predicted molar refractivity (Wildman–Crippen MR) is 59.0 cm³/mol. The van der Waals surface area contributed by atoms with Crippen molar-refractivity contribution < 1.29 is 4.74 Å². The average molecular weight is 258 g/mol. The van der Waals surface area contributed by atoms with Crippen LogP contribution in [0.2, 0.25) is 0 Å². The summed E-state index contributed by atoms with van der Waals surface area (Å²) in [6.45, 7) is 7.54. The molecule has 0 radical (unpaired) electrons. The van der Waals surface area contributed by atoms with Crippen molar-refractivity contribution in [1.29, 1.82) is 0 Å². The summed E-state index contributed by atoms with van der Waals surface area (Å²) in [5, 5.41) is 0. The third kappa shape index (κ3) is 2.70. The molecular formula is C9H12BrN3O. The quantitative estimate of drug-likeness (QED) is 0.844. The molecule has 0 saturated carbocycles. The number of rotatable bonds is 3. The van der Waals surface area contributed by atoms with E-state index in [9.17, 15) is 0 Å². The van der Waals surface area contributed by atoms with Crippen LogP contribution in [-0.4, -0.2) is 16.1 Å². The summed E-state index contributed by atoms with van der Waals surface area (Å²) in [6, 6.07) is 0. The number of hydrogen-bond acceptors (Lipinski definition) is 4.